The molecular formula is C26H26ClN3O4. The highest BCUT2D eigenvalue weighted by Crippen LogP contribution is 2.60. The Morgan fingerprint density at radius 1 is 1.12 bits per heavy atom. The maximum atomic E-state index is 12.8. The van der Waals surface area contributed by atoms with Gasteiger partial charge < -0.3 is 14.8 Å². The first-order valence-electron chi connectivity index (χ1n) is 11.6. The number of carbonyl (C=O) groups excluding carboxylic acids is 2. The van der Waals surface area contributed by atoms with Crippen molar-refractivity contribution in [3.8, 4) is 5.75 Å². The number of carbonyl (C=O) groups is 2. The van der Waals surface area contributed by atoms with Crippen LogP contribution in [0.4, 0.5) is 0 Å². The number of benzene rings is 2. The van der Waals surface area contributed by atoms with Gasteiger partial charge in [-0.1, -0.05) is 23.7 Å². The van der Waals surface area contributed by atoms with Crippen LogP contribution < -0.4 is 10.1 Å². The van der Waals surface area contributed by atoms with Crippen LogP contribution in [0, 0.1) is 17.8 Å². The zero-order chi connectivity index (χ0) is 23.7. The number of halogens is 1. The fourth-order valence-electron chi connectivity index (χ4n) is 5.33. The second-order valence-corrected chi connectivity index (χ2v) is 9.37. The molecule has 1 heterocycles. The number of aromatic nitrogens is 2. The molecule has 1 unspecified atom stereocenters. The Balaban J connectivity index is 1.25. The van der Waals surface area contributed by atoms with Crippen molar-refractivity contribution >= 4 is 34.4 Å². The largest absolute Gasteiger partial charge is 0.488 e. The van der Waals surface area contributed by atoms with Gasteiger partial charge in [-0.15, -0.1) is 0 Å². The van der Waals surface area contributed by atoms with E-state index >= 15 is 0 Å². The molecule has 5 rings (SSSR count). The first-order chi connectivity index (χ1) is 16.5. The van der Waals surface area contributed by atoms with Crippen molar-refractivity contribution in [1.82, 2.24) is 15.5 Å². The first-order valence-corrected chi connectivity index (χ1v) is 12.0. The Labute approximate surface area is 202 Å². The van der Waals surface area contributed by atoms with E-state index in [4.69, 9.17) is 21.1 Å². The summed E-state index contributed by atoms with van der Waals surface area (Å²) in [6.45, 7) is 2.10. The zero-order valence-electron chi connectivity index (χ0n) is 18.8. The molecule has 1 amide bonds. The summed E-state index contributed by atoms with van der Waals surface area (Å²) in [5.74, 6) is 1.27. The topological polar surface area (TPSA) is 90.4 Å². The van der Waals surface area contributed by atoms with Gasteiger partial charge in [-0.05, 0) is 73.9 Å². The minimum Gasteiger partial charge on any atom is -0.488 e. The Morgan fingerprint density at radius 3 is 2.59 bits per heavy atom. The van der Waals surface area contributed by atoms with Gasteiger partial charge in [0, 0.05) is 22.0 Å². The summed E-state index contributed by atoms with van der Waals surface area (Å²) in [4.78, 5) is 25.1. The lowest BCUT2D eigenvalue weighted by Gasteiger charge is -2.23. The molecule has 3 aromatic rings. The van der Waals surface area contributed by atoms with E-state index in [1.54, 1.807) is 37.4 Å². The Bertz CT molecular complexity index is 1180. The van der Waals surface area contributed by atoms with Gasteiger partial charge in [0.2, 0.25) is 0 Å². The van der Waals surface area contributed by atoms with Crippen molar-refractivity contribution in [2.45, 2.75) is 38.3 Å². The third-order valence-electron chi connectivity index (χ3n) is 6.85. The number of rotatable bonds is 8. The van der Waals surface area contributed by atoms with Crippen LogP contribution >= 0.6 is 11.6 Å². The van der Waals surface area contributed by atoms with Crippen molar-refractivity contribution in [2.24, 2.45) is 17.8 Å². The van der Waals surface area contributed by atoms with Crippen molar-refractivity contribution in [3.63, 3.8) is 0 Å². The standard InChI is InChI=1S/C26H26ClN3O4/c1-2-33-24(31)13-22(29-26(32)15-7-9-16(27)10-8-15)25-19-11-17(12-20(19)25)34-23-14-28-30-21-6-4-3-5-18(21)23/h3-10,14,17,19-20,22,25H,2,11-13H2,1H3,(H,29,32)/t17-,19-,20+,22?,25+. The third-order valence-corrected chi connectivity index (χ3v) is 7.10. The minimum absolute atomic E-state index is 0.0778. The number of ether oxygens (including phenoxy) is 2. The summed E-state index contributed by atoms with van der Waals surface area (Å²) in [5.41, 5.74) is 1.32. The van der Waals surface area contributed by atoms with Crippen LogP contribution in [0.5, 0.6) is 5.75 Å². The predicted molar refractivity (Wildman–Crippen MR) is 128 cm³/mol. The van der Waals surface area contributed by atoms with Gasteiger partial charge in [0.15, 0.2) is 0 Å². The minimum atomic E-state index is -0.295. The SMILES string of the molecule is CCOC(=O)CC(NC(=O)c1ccc(Cl)cc1)[C@H]1[C@@H]2C[C@@H](Oc3cnnc4ccccc34)C[C@@H]21. The van der Waals surface area contributed by atoms with Crippen LogP contribution in [0.15, 0.2) is 54.7 Å². The van der Waals surface area contributed by atoms with E-state index in [0.717, 1.165) is 29.5 Å². The molecule has 1 aromatic heterocycles. The number of fused-ring (bicyclic) bond motifs is 2. The molecule has 2 fully saturated rings. The summed E-state index contributed by atoms with van der Waals surface area (Å²) in [7, 11) is 0. The smallest absolute Gasteiger partial charge is 0.307 e. The maximum absolute atomic E-state index is 12.8. The lowest BCUT2D eigenvalue weighted by Crippen LogP contribution is -2.40. The van der Waals surface area contributed by atoms with E-state index < -0.39 is 0 Å². The number of nitrogens with zero attached hydrogens (tertiary/aromatic N) is 2. The van der Waals surface area contributed by atoms with Gasteiger partial charge in [0.1, 0.15) is 5.75 Å². The Kier molecular flexibility index (Phi) is 6.37. The number of hydrogen-bond acceptors (Lipinski definition) is 6. The van der Waals surface area contributed by atoms with Crippen LogP contribution in [-0.2, 0) is 9.53 Å². The molecule has 2 saturated carbocycles. The fourth-order valence-corrected chi connectivity index (χ4v) is 5.45. The second kappa shape index (κ2) is 9.58. The number of amides is 1. The Morgan fingerprint density at radius 2 is 1.85 bits per heavy atom. The predicted octanol–water partition coefficient (Wildman–Crippen LogP) is 4.44. The summed E-state index contributed by atoms with van der Waals surface area (Å²) in [5, 5.41) is 12.8. The second-order valence-electron chi connectivity index (χ2n) is 8.94. The summed E-state index contributed by atoms with van der Waals surface area (Å²) < 4.78 is 11.5. The lowest BCUT2D eigenvalue weighted by atomic mass is 9.99. The fraction of sp³-hybridized carbons (Fsp3) is 0.385. The number of esters is 1. The van der Waals surface area contributed by atoms with Gasteiger partial charge in [-0.25, -0.2) is 0 Å². The molecule has 8 heteroatoms. The molecule has 34 heavy (non-hydrogen) atoms. The number of hydrogen-bond donors (Lipinski definition) is 1. The molecule has 0 bridgehead atoms. The maximum Gasteiger partial charge on any atom is 0.307 e. The average Bonchev–Trinajstić information content (AvgIpc) is 3.34. The van der Waals surface area contributed by atoms with Crippen molar-refractivity contribution in [1.29, 1.82) is 0 Å². The van der Waals surface area contributed by atoms with Crippen molar-refractivity contribution in [2.75, 3.05) is 6.61 Å². The molecule has 0 saturated heterocycles. The molecule has 0 aliphatic heterocycles. The summed E-state index contributed by atoms with van der Waals surface area (Å²) in [6, 6.07) is 14.3. The van der Waals surface area contributed by atoms with E-state index in [1.165, 1.54) is 0 Å². The molecule has 0 radical (unpaired) electrons. The van der Waals surface area contributed by atoms with Crippen LogP contribution in [0.25, 0.3) is 10.9 Å². The lowest BCUT2D eigenvalue weighted by molar-refractivity contribution is -0.143. The molecule has 0 spiro atoms. The Hall–Kier alpha value is -3.19. The third kappa shape index (κ3) is 4.71. The molecule has 176 valence electrons. The van der Waals surface area contributed by atoms with E-state index in [1.807, 2.05) is 24.3 Å². The van der Waals surface area contributed by atoms with Gasteiger partial charge >= 0.3 is 5.97 Å². The van der Waals surface area contributed by atoms with E-state index in [0.29, 0.717) is 29.0 Å². The van der Waals surface area contributed by atoms with E-state index in [2.05, 4.69) is 15.5 Å². The van der Waals surface area contributed by atoms with Gasteiger partial charge in [0.25, 0.3) is 5.91 Å². The highest BCUT2D eigenvalue weighted by Gasteiger charge is 2.60. The average molecular weight is 480 g/mol. The first kappa shape index (κ1) is 22.6. The van der Waals surface area contributed by atoms with Crippen molar-refractivity contribution < 1.29 is 19.1 Å². The highest BCUT2D eigenvalue weighted by atomic mass is 35.5. The van der Waals surface area contributed by atoms with Gasteiger partial charge in [0.05, 0.1) is 30.8 Å². The monoisotopic (exact) mass is 479 g/mol. The molecular weight excluding hydrogens is 454 g/mol. The normalized spacial score (nSPS) is 23.7. The molecule has 2 aromatic carbocycles. The summed E-state index contributed by atoms with van der Waals surface area (Å²) >= 11 is 5.94. The molecule has 2 aliphatic rings. The molecule has 7 nitrogen and oxygen atoms in total. The highest BCUT2D eigenvalue weighted by molar-refractivity contribution is 6.30. The zero-order valence-corrected chi connectivity index (χ0v) is 19.6. The van der Waals surface area contributed by atoms with E-state index in [9.17, 15) is 9.59 Å². The molecule has 2 aliphatic carbocycles. The van der Waals surface area contributed by atoms with Crippen molar-refractivity contribution in [3.05, 3.63) is 65.3 Å². The van der Waals surface area contributed by atoms with Crippen LogP contribution in [0.1, 0.15) is 36.5 Å². The molecule has 5 atom stereocenters. The van der Waals surface area contributed by atoms with Crippen LogP contribution in [0.3, 0.4) is 0 Å². The quantitative estimate of drug-likeness (QED) is 0.480. The number of nitrogens with one attached hydrogen (secondary N) is 1. The van der Waals surface area contributed by atoms with E-state index in [-0.39, 0.29) is 36.4 Å². The van der Waals surface area contributed by atoms with Gasteiger partial charge in [-0.2, -0.15) is 10.2 Å². The van der Waals surface area contributed by atoms with Crippen LogP contribution in [0.2, 0.25) is 5.02 Å². The summed E-state index contributed by atoms with van der Waals surface area (Å²) in [6.07, 6.45) is 3.66. The van der Waals surface area contributed by atoms with Gasteiger partial charge in [-0.3, -0.25) is 9.59 Å². The molecule has 1 N–H and O–H groups in total. The van der Waals surface area contributed by atoms with Crippen LogP contribution in [-0.4, -0.2) is 40.8 Å².